The lowest BCUT2D eigenvalue weighted by Gasteiger charge is -2.23. The van der Waals surface area contributed by atoms with Crippen molar-refractivity contribution in [1.82, 2.24) is 15.6 Å². The second-order valence-corrected chi connectivity index (χ2v) is 10.3. The van der Waals surface area contributed by atoms with Gasteiger partial charge in [0.15, 0.2) is 0 Å². The van der Waals surface area contributed by atoms with Crippen LogP contribution < -0.4 is 16.0 Å². The first-order chi connectivity index (χ1) is 20.3. The number of alkyl halides is 3. The number of halogens is 5. The number of nitrogens with zero attached hydrogens (tertiary/aromatic N) is 2. The van der Waals surface area contributed by atoms with Gasteiger partial charge in [0.2, 0.25) is 5.71 Å². The maximum Gasteiger partial charge on any atom is 0.405 e. The SMILES string of the molecule is CNC(=O)c1c(-c2ccc(F)cc2)oc2nc(NCC(F)(F)F)c(-c3ccc(F)c(C(=O)N[C@](C)(C#N)C4CC4)c3)cc12. The fraction of sp³-hybridized carbons (Fsp3) is 0.267. The van der Waals surface area contributed by atoms with Crippen molar-refractivity contribution in [2.45, 2.75) is 31.5 Å². The number of benzene rings is 2. The van der Waals surface area contributed by atoms with Crippen LogP contribution in [0.25, 0.3) is 33.6 Å². The summed E-state index contributed by atoms with van der Waals surface area (Å²) in [5.41, 5.74) is -1.46. The van der Waals surface area contributed by atoms with Gasteiger partial charge >= 0.3 is 6.18 Å². The minimum atomic E-state index is -4.64. The molecule has 3 N–H and O–H groups in total. The second-order valence-electron chi connectivity index (χ2n) is 10.3. The average molecular weight is 598 g/mol. The van der Waals surface area contributed by atoms with Gasteiger partial charge < -0.3 is 20.4 Å². The first kappa shape index (κ1) is 29.5. The largest absolute Gasteiger partial charge is 0.437 e. The summed E-state index contributed by atoms with van der Waals surface area (Å²) in [6, 6.07) is 11.8. The van der Waals surface area contributed by atoms with Crippen molar-refractivity contribution in [2.75, 3.05) is 18.9 Å². The molecule has 0 spiro atoms. The third-order valence-electron chi connectivity index (χ3n) is 7.22. The van der Waals surface area contributed by atoms with Gasteiger partial charge in [-0.15, -0.1) is 0 Å². The molecule has 1 atom stereocenters. The Balaban J connectivity index is 1.67. The van der Waals surface area contributed by atoms with E-state index < -0.39 is 47.3 Å². The molecule has 43 heavy (non-hydrogen) atoms. The Labute approximate surface area is 241 Å². The molecule has 8 nitrogen and oxygen atoms in total. The number of hydrogen-bond donors (Lipinski definition) is 3. The minimum Gasteiger partial charge on any atom is -0.437 e. The Hall–Kier alpha value is -4.99. The first-order valence-corrected chi connectivity index (χ1v) is 13.1. The van der Waals surface area contributed by atoms with Gasteiger partial charge in [0.25, 0.3) is 11.8 Å². The van der Waals surface area contributed by atoms with E-state index in [-0.39, 0.29) is 45.3 Å². The van der Waals surface area contributed by atoms with Crippen LogP contribution in [0, 0.1) is 28.9 Å². The van der Waals surface area contributed by atoms with Crippen LogP contribution in [-0.2, 0) is 0 Å². The van der Waals surface area contributed by atoms with E-state index in [0.717, 1.165) is 37.1 Å². The van der Waals surface area contributed by atoms with Crippen molar-refractivity contribution in [3.05, 3.63) is 71.3 Å². The molecule has 2 amide bonds. The number of fused-ring (bicyclic) bond motifs is 1. The Morgan fingerprint density at radius 3 is 2.33 bits per heavy atom. The molecule has 2 heterocycles. The number of amides is 2. The summed E-state index contributed by atoms with van der Waals surface area (Å²) in [5, 5.41) is 17.0. The fourth-order valence-electron chi connectivity index (χ4n) is 4.77. The highest BCUT2D eigenvalue weighted by Crippen LogP contribution is 2.40. The zero-order chi connectivity index (χ0) is 31.1. The fourth-order valence-corrected chi connectivity index (χ4v) is 4.77. The van der Waals surface area contributed by atoms with Crippen molar-refractivity contribution in [3.8, 4) is 28.5 Å². The van der Waals surface area contributed by atoms with Gasteiger partial charge in [-0.05, 0) is 73.7 Å². The normalized spacial score (nSPS) is 14.6. The number of carbonyl (C=O) groups excluding carboxylic acids is 2. The molecule has 0 aliphatic heterocycles. The smallest absolute Gasteiger partial charge is 0.405 e. The number of hydrogen-bond acceptors (Lipinski definition) is 6. The first-order valence-electron chi connectivity index (χ1n) is 13.1. The molecule has 0 radical (unpaired) electrons. The average Bonchev–Trinajstić information content (AvgIpc) is 3.77. The molecule has 4 aromatic rings. The summed E-state index contributed by atoms with van der Waals surface area (Å²) in [6.07, 6.45) is -3.18. The number of carbonyl (C=O) groups is 2. The summed E-state index contributed by atoms with van der Waals surface area (Å²) in [7, 11) is 1.37. The Morgan fingerprint density at radius 2 is 1.72 bits per heavy atom. The van der Waals surface area contributed by atoms with Crippen molar-refractivity contribution >= 4 is 28.7 Å². The predicted molar refractivity (Wildman–Crippen MR) is 147 cm³/mol. The molecule has 222 valence electrons. The standard InChI is InChI=1S/C30H24F5N5O3/c1-29(13-36,17-6-7-17)40-26(41)20-11-16(5-10-22(20)32)19-12-21-23(27(42)37-2)24(15-3-8-18(31)9-4-15)43-28(21)39-25(19)38-14-30(33,34)35/h3-5,8-12,17H,6-7,14H2,1-2H3,(H,37,42)(H,38,39)(H,40,41)/t29-/m1/s1. The number of aromatic nitrogens is 1. The molecule has 0 unspecified atom stereocenters. The maximum atomic E-state index is 14.9. The van der Waals surface area contributed by atoms with Gasteiger partial charge in [0.1, 0.15) is 35.3 Å². The van der Waals surface area contributed by atoms with Crippen LogP contribution in [0.2, 0.25) is 0 Å². The van der Waals surface area contributed by atoms with E-state index in [0.29, 0.717) is 5.56 Å². The van der Waals surface area contributed by atoms with Crippen LogP contribution in [0.5, 0.6) is 0 Å². The highest BCUT2D eigenvalue weighted by atomic mass is 19.4. The summed E-state index contributed by atoms with van der Waals surface area (Å²) >= 11 is 0. The lowest BCUT2D eigenvalue weighted by Crippen LogP contribution is -2.46. The Kier molecular flexibility index (Phi) is 7.56. The van der Waals surface area contributed by atoms with E-state index in [1.54, 1.807) is 6.92 Å². The maximum absolute atomic E-state index is 14.9. The molecule has 0 saturated heterocycles. The summed E-state index contributed by atoms with van der Waals surface area (Å²) in [6.45, 7) is 0.0576. The Morgan fingerprint density at radius 1 is 1.05 bits per heavy atom. The summed E-state index contributed by atoms with van der Waals surface area (Å²) in [5.74, 6) is -3.34. The number of rotatable bonds is 8. The van der Waals surface area contributed by atoms with Crippen LogP contribution in [0.1, 0.15) is 40.5 Å². The topological polar surface area (TPSA) is 120 Å². The molecule has 2 aromatic heterocycles. The number of anilines is 1. The lowest BCUT2D eigenvalue weighted by atomic mass is 9.96. The predicted octanol–water partition coefficient (Wildman–Crippen LogP) is 6.20. The third-order valence-corrected chi connectivity index (χ3v) is 7.22. The number of nitrogens with one attached hydrogen (secondary N) is 3. The van der Waals surface area contributed by atoms with Gasteiger partial charge in [-0.1, -0.05) is 6.07 Å². The van der Waals surface area contributed by atoms with Crippen molar-refractivity contribution in [2.24, 2.45) is 5.92 Å². The highest BCUT2D eigenvalue weighted by Gasteiger charge is 2.43. The monoisotopic (exact) mass is 597 g/mol. The van der Waals surface area contributed by atoms with E-state index in [2.05, 4.69) is 27.0 Å². The number of nitriles is 1. The molecule has 13 heteroatoms. The molecule has 1 fully saturated rings. The molecule has 1 saturated carbocycles. The molecular formula is C30H24F5N5O3. The zero-order valence-corrected chi connectivity index (χ0v) is 22.8. The molecule has 5 rings (SSSR count). The van der Waals surface area contributed by atoms with Gasteiger partial charge in [-0.25, -0.2) is 8.78 Å². The quantitative estimate of drug-likeness (QED) is 0.208. The molecule has 1 aliphatic rings. The highest BCUT2D eigenvalue weighted by molar-refractivity contribution is 6.11. The molecular weight excluding hydrogens is 573 g/mol. The number of pyridine rings is 1. The van der Waals surface area contributed by atoms with Crippen LogP contribution in [0.15, 0.2) is 52.9 Å². The molecule has 0 bridgehead atoms. The van der Waals surface area contributed by atoms with Crippen LogP contribution >= 0.6 is 0 Å². The van der Waals surface area contributed by atoms with Gasteiger partial charge in [-0.3, -0.25) is 9.59 Å². The van der Waals surface area contributed by atoms with Crippen molar-refractivity contribution < 1.29 is 36.0 Å². The van der Waals surface area contributed by atoms with Crippen molar-refractivity contribution in [1.29, 1.82) is 5.26 Å². The van der Waals surface area contributed by atoms with E-state index in [4.69, 9.17) is 4.42 Å². The van der Waals surface area contributed by atoms with E-state index in [1.807, 2.05) is 0 Å². The third kappa shape index (κ3) is 5.99. The van der Waals surface area contributed by atoms with Gasteiger partial charge in [0.05, 0.1) is 22.6 Å². The van der Waals surface area contributed by atoms with E-state index in [1.165, 1.54) is 31.3 Å². The van der Waals surface area contributed by atoms with Crippen molar-refractivity contribution in [3.63, 3.8) is 0 Å². The van der Waals surface area contributed by atoms with Gasteiger partial charge in [-0.2, -0.15) is 23.4 Å². The van der Waals surface area contributed by atoms with Crippen LogP contribution in [-0.4, -0.2) is 42.1 Å². The van der Waals surface area contributed by atoms with Crippen LogP contribution in [0.3, 0.4) is 0 Å². The van der Waals surface area contributed by atoms with E-state index in [9.17, 15) is 36.8 Å². The van der Waals surface area contributed by atoms with Crippen LogP contribution in [0.4, 0.5) is 27.8 Å². The van der Waals surface area contributed by atoms with E-state index >= 15 is 0 Å². The molecule has 1 aliphatic carbocycles. The molecule has 2 aromatic carbocycles. The minimum absolute atomic E-state index is 0.00388. The van der Waals surface area contributed by atoms with Gasteiger partial charge in [0, 0.05) is 18.2 Å². The number of furan rings is 1. The Bertz CT molecular complexity index is 1770. The summed E-state index contributed by atoms with van der Waals surface area (Å²) in [4.78, 5) is 30.3. The lowest BCUT2D eigenvalue weighted by molar-refractivity contribution is -0.115. The zero-order valence-electron chi connectivity index (χ0n) is 22.8. The summed E-state index contributed by atoms with van der Waals surface area (Å²) < 4.78 is 74.0. The second kappa shape index (κ2) is 11.0.